The van der Waals surface area contributed by atoms with E-state index in [9.17, 15) is 19.8 Å². The van der Waals surface area contributed by atoms with Gasteiger partial charge in [-0.15, -0.1) is 0 Å². The summed E-state index contributed by atoms with van der Waals surface area (Å²) in [5.41, 5.74) is -0.500. The monoisotopic (exact) mass is 433 g/mol. The Balaban J connectivity index is 1.62. The maximum Gasteiger partial charge on any atom is 0.338 e. The minimum atomic E-state index is -2.15. The molecule has 2 N–H and O–H groups in total. The van der Waals surface area contributed by atoms with Crippen LogP contribution in [0.2, 0.25) is 0 Å². The molecule has 0 spiro atoms. The van der Waals surface area contributed by atoms with Crippen LogP contribution in [0.3, 0.4) is 0 Å². The first-order chi connectivity index (χ1) is 15.4. The highest BCUT2D eigenvalue weighted by Gasteiger charge is 2.52. The normalized spacial score (nSPS) is 18.6. The van der Waals surface area contributed by atoms with Crippen LogP contribution >= 0.6 is 0 Å². The highest BCUT2D eigenvalue weighted by Crippen LogP contribution is 2.50. The summed E-state index contributed by atoms with van der Waals surface area (Å²) in [4.78, 5) is 27.3. The van der Waals surface area contributed by atoms with Crippen LogP contribution in [0.15, 0.2) is 60.7 Å². The summed E-state index contributed by atoms with van der Waals surface area (Å²) < 4.78 is 15.5. The Hall–Kier alpha value is -4.04. The van der Waals surface area contributed by atoms with Crippen LogP contribution in [0.4, 0.5) is 5.69 Å². The van der Waals surface area contributed by atoms with Gasteiger partial charge in [0, 0.05) is 17.2 Å². The fourth-order valence-corrected chi connectivity index (χ4v) is 4.21. The molecule has 5 rings (SSSR count). The van der Waals surface area contributed by atoms with Crippen molar-refractivity contribution in [1.82, 2.24) is 0 Å². The Morgan fingerprint density at radius 2 is 1.75 bits per heavy atom. The molecule has 0 fully saturated rings. The number of benzene rings is 3. The van der Waals surface area contributed by atoms with Crippen LogP contribution in [-0.2, 0) is 21.7 Å². The first-order valence-electron chi connectivity index (χ1n) is 9.88. The highest BCUT2D eigenvalue weighted by atomic mass is 16.7. The molecule has 32 heavy (non-hydrogen) atoms. The molecule has 1 amide bonds. The van der Waals surface area contributed by atoms with Gasteiger partial charge in [0.05, 0.1) is 24.9 Å². The number of hydrogen-bond acceptors (Lipinski definition) is 7. The molecule has 3 aromatic rings. The number of methoxy groups -OCH3 is 1. The first kappa shape index (κ1) is 19.9. The van der Waals surface area contributed by atoms with Crippen molar-refractivity contribution in [2.75, 3.05) is 18.8 Å². The second kappa shape index (κ2) is 7.28. The number of carbonyl (C=O) groups excluding carboxylic acids is 2. The molecule has 0 saturated heterocycles. The zero-order valence-electron chi connectivity index (χ0n) is 17.1. The number of esters is 1. The van der Waals surface area contributed by atoms with E-state index < -0.39 is 17.5 Å². The number of aliphatic hydroxyl groups is 1. The largest absolute Gasteiger partial charge is 0.507 e. The molecule has 0 aliphatic carbocycles. The number of ether oxygens (including phenoxy) is 3. The quantitative estimate of drug-likeness (QED) is 0.610. The summed E-state index contributed by atoms with van der Waals surface area (Å²) in [5, 5.41) is 22.4. The third-order valence-corrected chi connectivity index (χ3v) is 5.77. The van der Waals surface area contributed by atoms with E-state index in [0.717, 1.165) is 0 Å². The molecule has 2 aliphatic heterocycles. The molecular formula is C24H19NO7. The van der Waals surface area contributed by atoms with E-state index in [1.54, 1.807) is 48.5 Å². The molecule has 0 bridgehead atoms. The molecule has 3 aromatic carbocycles. The van der Waals surface area contributed by atoms with Gasteiger partial charge in [0.25, 0.3) is 5.91 Å². The van der Waals surface area contributed by atoms with Crippen molar-refractivity contribution in [3.05, 3.63) is 82.9 Å². The predicted octanol–water partition coefficient (Wildman–Crippen LogP) is 2.69. The average Bonchev–Trinajstić information content (AvgIpc) is 3.35. The second-order valence-corrected chi connectivity index (χ2v) is 7.49. The fraction of sp³-hybridized carbons (Fsp3) is 0.167. The van der Waals surface area contributed by atoms with E-state index in [-0.39, 0.29) is 24.7 Å². The first-order valence-corrected chi connectivity index (χ1v) is 9.88. The van der Waals surface area contributed by atoms with Crippen molar-refractivity contribution >= 4 is 17.6 Å². The lowest BCUT2D eigenvalue weighted by atomic mass is 9.86. The number of carbonyl (C=O) groups is 2. The SMILES string of the molecule is COC(=O)c1ccccc1CN1C(=O)C(O)(c2cc3c(cc2O)OCO3)c2ccccc21. The van der Waals surface area contributed by atoms with Crippen LogP contribution in [0.25, 0.3) is 0 Å². The van der Waals surface area contributed by atoms with Gasteiger partial charge in [0.2, 0.25) is 12.4 Å². The van der Waals surface area contributed by atoms with Crippen LogP contribution in [0.5, 0.6) is 17.2 Å². The number of para-hydroxylation sites is 1. The summed E-state index contributed by atoms with van der Waals surface area (Å²) in [6, 6.07) is 16.3. The van der Waals surface area contributed by atoms with Crippen molar-refractivity contribution in [3.63, 3.8) is 0 Å². The molecule has 0 saturated carbocycles. The standard InChI is InChI=1S/C24H19NO7/c1-30-22(27)15-7-3-2-6-14(15)12-25-18-9-5-4-8-16(18)24(29,23(25)28)17-10-20-21(11-19(17)26)32-13-31-20/h2-11,26,29H,12-13H2,1H3. The van der Waals surface area contributed by atoms with E-state index in [2.05, 4.69) is 0 Å². The summed E-state index contributed by atoms with van der Waals surface area (Å²) >= 11 is 0. The maximum absolute atomic E-state index is 13.7. The molecule has 0 aromatic heterocycles. The Morgan fingerprint density at radius 3 is 2.53 bits per heavy atom. The van der Waals surface area contributed by atoms with Gasteiger partial charge < -0.3 is 29.3 Å². The van der Waals surface area contributed by atoms with Gasteiger partial charge in [-0.2, -0.15) is 0 Å². The average molecular weight is 433 g/mol. The third-order valence-electron chi connectivity index (χ3n) is 5.77. The van der Waals surface area contributed by atoms with E-state index in [1.807, 2.05) is 0 Å². The van der Waals surface area contributed by atoms with Gasteiger partial charge in [0.15, 0.2) is 11.5 Å². The molecule has 1 atom stereocenters. The minimum Gasteiger partial charge on any atom is -0.507 e. The number of hydrogen-bond donors (Lipinski definition) is 2. The van der Waals surface area contributed by atoms with Crippen LogP contribution in [-0.4, -0.2) is 36.0 Å². The van der Waals surface area contributed by atoms with Crippen molar-refractivity contribution in [2.45, 2.75) is 12.1 Å². The van der Waals surface area contributed by atoms with Crippen LogP contribution in [0, 0.1) is 0 Å². The van der Waals surface area contributed by atoms with Crippen LogP contribution in [0.1, 0.15) is 27.0 Å². The number of aromatic hydroxyl groups is 1. The van der Waals surface area contributed by atoms with E-state index in [4.69, 9.17) is 14.2 Å². The minimum absolute atomic E-state index is 0.0112. The molecule has 162 valence electrons. The summed E-state index contributed by atoms with van der Waals surface area (Å²) in [7, 11) is 1.29. The molecule has 2 heterocycles. The van der Waals surface area contributed by atoms with E-state index in [0.29, 0.717) is 33.9 Å². The Labute approximate surface area is 183 Å². The lowest BCUT2D eigenvalue weighted by Crippen LogP contribution is -2.41. The Kier molecular flexibility index (Phi) is 4.53. The maximum atomic E-state index is 13.7. The lowest BCUT2D eigenvalue weighted by Gasteiger charge is -2.25. The predicted molar refractivity (Wildman–Crippen MR) is 113 cm³/mol. The van der Waals surface area contributed by atoms with E-state index >= 15 is 0 Å². The van der Waals surface area contributed by atoms with Crippen molar-refractivity contribution in [2.24, 2.45) is 0 Å². The van der Waals surface area contributed by atoms with Gasteiger partial charge in [0.1, 0.15) is 5.75 Å². The molecule has 8 nitrogen and oxygen atoms in total. The number of rotatable bonds is 4. The number of phenolic OH excluding ortho intramolecular Hbond substituents is 1. The Bertz CT molecular complexity index is 1250. The van der Waals surface area contributed by atoms with Gasteiger partial charge in [-0.25, -0.2) is 4.79 Å². The van der Waals surface area contributed by atoms with Crippen molar-refractivity contribution < 1.29 is 34.0 Å². The summed E-state index contributed by atoms with van der Waals surface area (Å²) in [6.45, 7) is 0.00632. The van der Waals surface area contributed by atoms with Gasteiger partial charge in [-0.1, -0.05) is 36.4 Å². The van der Waals surface area contributed by atoms with Crippen molar-refractivity contribution in [3.8, 4) is 17.2 Å². The summed E-state index contributed by atoms with van der Waals surface area (Å²) in [6.07, 6.45) is 0. The molecule has 0 radical (unpaired) electrons. The lowest BCUT2D eigenvalue weighted by molar-refractivity contribution is -0.132. The van der Waals surface area contributed by atoms with Gasteiger partial charge in [-0.05, 0) is 23.8 Å². The number of anilines is 1. The zero-order chi connectivity index (χ0) is 22.5. The fourth-order valence-electron chi connectivity index (χ4n) is 4.21. The van der Waals surface area contributed by atoms with E-state index in [1.165, 1.54) is 24.1 Å². The zero-order valence-corrected chi connectivity index (χ0v) is 17.1. The van der Waals surface area contributed by atoms with Crippen LogP contribution < -0.4 is 14.4 Å². The van der Waals surface area contributed by atoms with Gasteiger partial charge in [-0.3, -0.25) is 4.79 Å². The molecule has 8 heteroatoms. The second-order valence-electron chi connectivity index (χ2n) is 7.49. The number of amides is 1. The Morgan fingerprint density at radius 1 is 1.06 bits per heavy atom. The number of phenols is 1. The number of fused-ring (bicyclic) bond motifs is 2. The highest BCUT2D eigenvalue weighted by molar-refractivity contribution is 6.09. The smallest absolute Gasteiger partial charge is 0.338 e. The summed E-state index contributed by atoms with van der Waals surface area (Å²) in [5.74, 6) is -0.822. The van der Waals surface area contributed by atoms with Crippen molar-refractivity contribution in [1.29, 1.82) is 0 Å². The third kappa shape index (κ3) is 2.80. The molecule has 2 aliphatic rings. The number of nitrogens with zero attached hydrogens (tertiary/aromatic N) is 1. The topological polar surface area (TPSA) is 106 Å². The van der Waals surface area contributed by atoms with Gasteiger partial charge >= 0.3 is 5.97 Å². The molecular weight excluding hydrogens is 414 g/mol. The molecule has 1 unspecified atom stereocenters.